The Morgan fingerprint density at radius 1 is 1.35 bits per heavy atom. The van der Waals surface area contributed by atoms with Crippen LogP contribution in [-0.4, -0.2) is 21.2 Å². The second kappa shape index (κ2) is 6.43. The van der Waals surface area contributed by atoms with E-state index < -0.39 is 5.97 Å². The molecule has 0 amide bonds. The number of oxazole rings is 1. The van der Waals surface area contributed by atoms with Gasteiger partial charge in [0.1, 0.15) is 17.7 Å². The molecule has 1 heterocycles. The number of unbranched alkanes of at least 4 members (excludes halogenated alkanes) is 1. The number of hydrogen-bond donors (Lipinski definition) is 2. The molecule has 5 nitrogen and oxygen atoms in total. The van der Waals surface area contributed by atoms with Crippen LogP contribution in [0.5, 0.6) is 5.75 Å². The van der Waals surface area contributed by atoms with Gasteiger partial charge in [0.2, 0.25) is 0 Å². The summed E-state index contributed by atoms with van der Waals surface area (Å²) < 4.78 is 5.31. The van der Waals surface area contributed by atoms with Gasteiger partial charge in [-0.15, -0.1) is 0 Å². The summed E-state index contributed by atoms with van der Waals surface area (Å²) >= 11 is 5.88. The van der Waals surface area contributed by atoms with E-state index in [0.29, 0.717) is 41.4 Å². The first-order valence-electron chi connectivity index (χ1n) is 6.21. The third-order valence-electron chi connectivity index (χ3n) is 2.82. The van der Waals surface area contributed by atoms with Gasteiger partial charge in [-0.05, 0) is 31.0 Å². The highest BCUT2D eigenvalue weighted by atomic mass is 35.5. The topological polar surface area (TPSA) is 83.6 Å². The molecule has 0 aliphatic carbocycles. The number of carboxylic acids is 1. The minimum atomic E-state index is -0.804. The van der Waals surface area contributed by atoms with Gasteiger partial charge in [-0.25, -0.2) is 4.98 Å². The number of aromatic nitrogens is 1. The first kappa shape index (κ1) is 14.4. The molecule has 2 aromatic rings. The van der Waals surface area contributed by atoms with Gasteiger partial charge in [-0.3, -0.25) is 4.79 Å². The molecule has 0 aliphatic rings. The van der Waals surface area contributed by atoms with Crippen LogP contribution in [-0.2, 0) is 11.2 Å². The van der Waals surface area contributed by atoms with Crippen molar-refractivity contribution in [3.63, 3.8) is 0 Å². The van der Waals surface area contributed by atoms with E-state index in [-0.39, 0.29) is 12.2 Å². The molecule has 1 aromatic heterocycles. The van der Waals surface area contributed by atoms with Crippen molar-refractivity contribution in [2.24, 2.45) is 0 Å². The molecule has 0 saturated heterocycles. The Bertz CT molecular complexity index is 609. The molecule has 0 unspecified atom stereocenters. The van der Waals surface area contributed by atoms with Crippen LogP contribution in [0.1, 0.15) is 25.2 Å². The average molecular weight is 296 g/mol. The van der Waals surface area contributed by atoms with Crippen LogP contribution < -0.4 is 0 Å². The number of phenolic OH excluding ortho intramolecular Hbond substituents is 1. The van der Waals surface area contributed by atoms with E-state index >= 15 is 0 Å². The van der Waals surface area contributed by atoms with Crippen molar-refractivity contribution >= 4 is 17.6 Å². The summed E-state index contributed by atoms with van der Waals surface area (Å²) in [6.07, 6.45) is 3.43. The number of benzene rings is 1. The summed E-state index contributed by atoms with van der Waals surface area (Å²) in [7, 11) is 0. The van der Waals surface area contributed by atoms with Crippen molar-refractivity contribution < 1.29 is 19.4 Å². The van der Waals surface area contributed by atoms with Crippen LogP contribution in [0.3, 0.4) is 0 Å². The largest absolute Gasteiger partial charge is 0.507 e. The van der Waals surface area contributed by atoms with Crippen molar-refractivity contribution in [3.8, 4) is 17.0 Å². The SMILES string of the molecule is O=C(O)CCCCc1nc(-c2cc(Cl)ccc2O)co1. The molecular formula is C14H14ClNO4. The smallest absolute Gasteiger partial charge is 0.303 e. The van der Waals surface area contributed by atoms with Gasteiger partial charge < -0.3 is 14.6 Å². The molecule has 2 N–H and O–H groups in total. The Morgan fingerprint density at radius 3 is 2.90 bits per heavy atom. The van der Waals surface area contributed by atoms with E-state index in [0.717, 1.165) is 0 Å². The molecule has 0 bridgehead atoms. The van der Waals surface area contributed by atoms with Crippen LogP contribution in [0.2, 0.25) is 5.02 Å². The number of hydrogen-bond acceptors (Lipinski definition) is 4. The van der Waals surface area contributed by atoms with Crippen LogP contribution in [0.15, 0.2) is 28.9 Å². The first-order chi connectivity index (χ1) is 9.56. The quantitative estimate of drug-likeness (QED) is 0.797. The van der Waals surface area contributed by atoms with Crippen molar-refractivity contribution in [2.45, 2.75) is 25.7 Å². The van der Waals surface area contributed by atoms with E-state index in [1.807, 2.05) is 0 Å². The molecule has 0 atom stereocenters. The van der Waals surface area contributed by atoms with Crippen molar-refractivity contribution in [1.82, 2.24) is 4.98 Å². The van der Waals surface area contributed by atoms with Crippen molar-refractivity contribution in [3.05, 3.63) is 35.4 Å². The molecule has 0 spiro atoms. The third-order valence-corrected chi connectivity index (χ3v) is 3.05. The van der Waals surface area contributed by atoms with E-state index in [9.17, 15) is 9.90 Å². The number of carboxylic acid groups (broad SMARTS) is 1. The van der Waals surface area contributed by atoms with E-state index in [1.165, 1.54) is 12.3 Å². The van der Waals surface area contributed by atoms with Gasteiger partial charge in [-0.2, -0.15) is 0 Å². The Labute approximate surface area is 120 Å². The minimum absolute atomic E-state index is 0.0835. The number of halogens is 1. The summed E-state index contributed by atoms with van der Waals surface area (Å²) in [6.45, 7) is 0. The standard InChI is InChI=1S/C14H14ClNO4/c15-9-5-6-12(17)10(7-9)11-8-20-13(16-11)3-1-2-4-14(18)19/h5-8,17H,1-4H2,(H,18,19). The normalized spacial score (nSPS) is 10.7. The lowest BCUT2D eigenvalue weighted by Crippen LogP contribution is -1.95. The zero-order valence-corrected chi connectivity index (χ0v) is 11.4. The average Bonchev–Trinajstić information content (AvgIpc) is 2.86. The highest BCUT2D eigenvalue weighted by molar-refractivity contribution is 6.30. The summed E-state index contributed by atoms with van der Waals surface area (Å²) in [5.74, 6) is -0.202. The monoisotopic (exact) mass is 295 g/mol. The molecule has 1 aromatic carbocycles. The van der Waals surface area contributed by atoms with Crippen molar-refractivity contribution in [2.75, 3.05) is 0 Å². The highest BCUT2D eigenvalue weighted by Gasteiger charge is 2.11. The second-order valence-corrected chi connectivity index (χ2v) is 4.83. The van der Waals surface area contributed by atoms with E-state index in [2.05, 4.69) is 4.98 Å². The molecule has 106 valence electrons. The van der Waals surface area contributed by atoms with Crippen molar-refractivity contribution in [1.29, 1.82) is 0 Å². The van der Waals surface area contributed by atoms with Gasteiger partial charge in [0.25, 0.3) is 0 Å². The number of carbonyl (C=O) groups is 1. The molecular weight excluding hydrogens is 282 g/mol. The number of phenols is 1. The Kier molecular flexibility index (Phi) is 4.63. The van der Waals surface area contributed by atoms with Gasteiger partial charge in [0.15, 0.2) is 5.89 Å². The number of aliphatic carboxylic acids is 1. The molecule has 0 aliphatic heterocycles. The van der Waals surface area contributed by atoms with Crippen LogP contribution in [0.4, 0.5) is 0 Å². The molecule has 20 heavy (non-hydrogen) atoms. The number of aromatic hydroxyl groups is 1. The summed E-state index contributed by atoms with van der Waals surface area (Å²) in [5.41, 5.74) is 1.02. The fourth-order valence-electron chi connectivity index (χ4n) is 1.82. The lowest BCUT2D eigenvalue weighted by atomic mass is 10.1. The number of nitrogens with zero attached hydrogens (tertiary/aromatic N) is 1. The predicted octanol–water partition coefficient (Wildman–Crippen LogP) is 3.50. The first-order valence-corrected chi connectivity index (χ1v) is 6.59. The Hall–Kier alpha value is -2.01. The maximum atomic E-state index is 10.4. The van der Waals surface area contributed by atoms with Gasteiger partial charge in [0.05, 0.1) is 0 Å². The molecule has 0 fully saturated rings. The Balaban J connectivity index is 2.01. The van der Waals surface area contributed by atoms with Crippen LogP contribution in [0, 0.1) is 0 Å². The minimum Gasteiger partial charge on any atom is -0.507 e. The molecule has 0 saturated carbocycles. The lowest BCUT2D eigenvalue weighted by molar-refractivity contribution is -0.137. The van der Waals surface area contributed by atoms with Crippen LogP contribution >= 0.6 is 11.6 Å². The lowest BCUT2D eigenvalue weighted by Gasteiger charge is -2.00. The van der Waals surface area contributed by atoms with E-state index in [1.54, 1.807) is 12.1 Å². The molecule has 6 heteroatoms. The zero-order chi connectivity index (χ0) is 14.5. The second-order valence-electron chi connectivity index (χ2n) is 4.39. The number of rotatable bonds is 6. The summed E-state index contributed by atoms with van der Waals surface area (Å²) in [6, 6.07) is 4.70. The Morgan fingerprint density at radius 2 is 2.15 bits per heavy atom. The molecule has 0 radical (unpaired) electrons. The van der Waals surface area contributed by atoms with Gasteiger partial charge in [0, 0.05) is 23.4 Å². The van der Waals surface area contributed by atoms with E-state index in [4.69, 9.17) is 21.1 Å². The zero-order valence-electron chi connectivity index (χ0n) is 10.7. The maximum absolute atomic E-state index is 10.4. The van der Waals surface area contributed by atoms with Gasteiger partial charge >= 0.3 is 5.97 Å². The summed E-state index contributed by atoms with van der Waals surface area (Å²) in [4.78, 5) is 14.7. The fraction of sp³-hybridized carbons (Fsp3) is 0.286. The summed E-state index contributed by atoms with van der Waals surface area (Å²) in [5, 5.41) is 18.8. The third kappa shape index (κ3) is 3.74. The predicted molar refractivity (Wildman–Crippen MR) is 73.8 cm³/mol. The maximum Gasteiger partial charge on any atom is 0.303 e. The number of aryl methyl sites for hydroxylation is 1. The highest BCUT2D eigenvalue weighted by Crippen LogP contribution is 2.31. The van der Waals surface area contributed by atoms with Crippen LogP contribution in [0.25, 0.3) is 11.3 Å². The molecule has 2 rings (SSSR count). The van der Waals surface area contributed by atoms with Gasteiger partial charge in [-0.1, -0.05) is 11.6 Å². The fourth-order valence-corrected chi connectivity index (χ4v) is 1.99.